The number of carbonyl (C=O) groups is 1. The smallest absolute Gasteiger partial charge is 0.410 e. The van der Waals surface area contributed by atoms with Crippen molar-refractivity contribution in [2.24, 2.45) is 0 Å². The Morgan fingerprint density at radius 3 is 2.84 bits per heavy atom. The summed E-state index contributed by atoms with van der Waals surface area (Å²) in [6.45, 7) is 1.44. The van der Waals surface area contributed by atoms with Crippen molar-refractivity contribution in [3.05, 3.63) is 70.8 Å². The number of fused-ring (bicyclic) bond motifs is 3. The maximum absolute atomic E-state index is 12.2. The summed E-state index contributed by atoms with van der Waals surface area (Å²) in [4.78, 5) is 13.9. The molecule has 5 heteroatoms. The Balaban J connectivity index is 1.43. The minimum Gasteiger partial charge on any atom is -0.443 e. The lowest BCUT2D eigenvalue weighted by Crippen LogP contribution is -2.31. The summed E-state index contributed by atoms with van der Waals surface area (Å²) < 4.78 is 11.2. The van der Waals surface area contributed by atoms with E-state index in [0.717, 1.165) is 16.7 Å². The minimum absolute atomic E-state index is 0.115. The van der Waals surface area contributed by atoms with Gasteiger partial charge in [-0.2, -0.15) is 5.26 Å². The van der Waals surface area contributed by atoms with Crippen LogP contribution in [0.1, 0.15) is 28.3 Å². The fraction of sp³-hybridized carbons (Fsp3) is 0.300. The largest absolute Gasteiger partial charge is 0.443 e. The summed E-state index contributed by atoms with van der Waals surface area (Å²) in [7, 11) is 0. The van der Waals surface area contributed by atoms with E-state index in [2.05, 4.69) is 6.07 Å². The van der Waals surface area contributed by atoms with Crippen molar-refractivity contribution in [1.82, 2.24) is 4.90 Å². The Bertz CT molecular complexity index is 829. The number of rotatable bonds is 5. The lowest BCUT2D eigenvalue weighted by molar-refractivity contribution is 0.0933. The van der Waals surface area contributed by atoms with Crippen molar-refractivity contribution < 1.29 is 14.3 Å². The molecule has 1 aliphatic carbocycles. The second-order valence-corrected chi connectivity index (χ2v) is 6.29. The molecule has 1 saturated heterocycles. The minimum atomic E-state index is -0.300. The highest BCUT2D eigenvalue weighted by Crippen LogP contribution is 2.43. The van der Waals surface area contributed by atoms with Gasteiger partial charge in [-0.3, -0.25) is 4.90 Å². The van der Waals surface area contributed by atoms with E-state index >= 15 is 0 Å². The van der Waals surface area contributed by atoms with Crippen molar-refractivity contribution in [1.29, 1.82) is 5.26 Å². The van der Waals surface area contributed by atoms with Crippen molar-refractivity contribution in [3.63, 3.8) is 0 Å². The number of hydrogen-bond donors (Lipinski definition) is 0. The van der Waals surface area contributed by atoms with E-state index in [-0.39, 0.29) is 18.2 Å². The molecule has 0 spiro atoms. The van der Waals surface area contributed by atoms with Gasteiger partial charge in [-0.1, -0.05) is 42.5 Å². The predicted octanol–water partition coefficient (Wildman–Crippen LogP) is 3.19. The SMILES string of the molecule is N#Cc1cccc2c1C[C@H]1OC(=O)N(CCOCc3ccccc3)[C@@H]21. The molecule has 2 aromatic carbocycles. The van der Waals surface area contributed by atoms with Crippen molar-refractivity contribution in [2.45, 2.75) is 25.2 Å². The van der Waals surface area contributed by atoms with Crippen LogP contribution in [-0.4, -0.2) is 30.2 Å². The summed E-state index contributed by atoms with van der Waals surface area (Å²) in [5.74, 6) is 0. The average molecular weight is 334 g/mol. The van der Waals surface area contributed by atoms with Gasteiger partial charge in [0, 0.05) is 13.0 Å². The molecule has 126 valence electrons. The first-order valence-electron chi connectivity index (χ1n) is 8.39. The molecule has 0 unspecified atom stereocenters. The van der Waals surface area contributed by atoms with Crippen molar-refractivity contribution in [3.8, 4) is 6.07 Å². The van der Waals surface area contributed by atoms with E-state index in [9.17, 15) is 10.1 Å². The van der Waals surface area contributed by atoms with Crippen LogP contribution in [0.25, 0.3) is 0 Å². The fourth-order valence-corrected chi connectivity index (χ4v) is 3.67. The highest BCUT2D eigenvalue weighted by Gasteiger charge is 2.47. The second kappa shape index (κ2) is 6.58. The monoisotopic (exact) mass is 334 g/mol. The first kappa shape index (κ1) is 15.7. The van der Waals surface area contributed by atoms with Crippen molar-refractivity contribution in [2.75, 3.05) is 13.2 Å². The average Bonchev–Trinajstić information content (AvgIpc) is 3.14. The van der Waals surface area contributed by atoms with Gasteiger partial charge in [-0.05, 0) is 22.8 Å². The van der Waals surface area contributed by atoms with Gasteiger partial charge in [0.15, 0.2) is 0 Å². The molecular weight excluding hydrogens is 316 g/mol. The molecule has 4 rings (SSSR count). The van der Waals surface area contributed by atoms with Gasteiger partial charge in [-0.25, -0.2) is 4.79 Å². The first-order valence-corrected chi connectivity index (χ1v) is 8.39. The van der Waals surface area contributed by atoms with Gasteiger partial charge in [0.1, 0.15) is 6.10 Å². The summed E-state index contributed by atoms with van der Waals surface area (Å²) in [5.41, 5.74) is 3.80. The lowest BCUT2D eigenvalue weighted by Gasteiger charge is -2.21. The number of nitrogens with zero attached hydrogens (tertiary/aromatic N) is 2. The molecule has 0 aromatic heterocycles. The summed E-state index contributed by atoms with van der Waals surface area (Å²) in [5, 5.41) is 9.27. The van der Waals surface area contributed by atoms with E-state index in [4.69, 9.17) is 9.47 Å². The number of benzene rings is 2. The maximum Gasteiger partial charge on any atom is 0.410 e. The number of amides is 1. The van der Waals surface area contributed by atoms with Crippen LogP contribution in [0.4, 0.5) is 4.79 Å². The molecule has 1 aliphatic heterocycles. The molecule has 2 aliphatic rings. The van der Waals surface area contributed by atoms with E-state index in [1.54, 1.807) is 4.90 Å². The van der Waals surface area contributed by atoms with Gasteiger partial charge in [0.05, 0.1) is 30.9 Å². The van der Waals surface area contributed by atoms with Gasteiger partial charge >= 0.3 is 6.09 Å². The Morgan fingerprint density at radius 1 is 1.20 bits per heavy atom. The third kappa shape index (κ3) is 2.86. The zero-order valence-corrected chi connectivity index (χ0v) is 13.7. The Morgan fingerprint density at radius 2 is 2.04 bits per heavy atom. The molecule has 5 nitrogen and oxygen atoms in total. The predicted molar refractivity (Wildman–Crippen MR) is 90.7 cm³/mol. The Kier molecular flexibility index (Phi) is 4.12. The fourth-order valence-electron chi connectivity index (χ4n) is 3.67. The molecular formula is C20H18N2O3. The lowest BCUT2D eigenvalue weighted by atomic mass is 10.0. The highest BCUT2D eigenvalue weighted by atomic mass is 16.6. The molecule has 0 radical (unpaired) electrons. The zero-order valence-electron chi connectivity index (χ0n) is 13.7. The van der Waals surface area contributed by atoms with Crippen LogP contribution in [0, 0.1) is 11.3 Å². The second-order valence-electron chi connectivity index (χ2n) is 6.29. The molecule has 2 aromatic rings. The van der Waals surface area contributed by atoms with Crippen LogP contribution < -0.4 is 0 Å². The van der Waals surface area contributed by atoms with Gasteiger partial charge < -0.3 is 9.47 Å². The third-order valence-corrected chi connectivity index (χ3v) is 4.82. The molecule has 1 heterocycles. The normalized spacial score (nSPS) is 20.8. The van der Waals surface area contributed by atoms with Gasteiger partial charge in [-0.15, -0.1) is 0 Å². The van der Waals surface area contributed by atoms with Crippen LogP contribution in [0.3, 0.4) is 0 Å². The van der Waals surface area contributed by atoms with Gasteiger partial charge in [0.2, 0.25) is 0 Å². The third-order valence-electron chi connectivity index (χ3n) is 4.82. The number of nitriles is 1. The molecule has 25 heavy (non-hydrogen) atoms. The zero-order chi connectivity index (χ0) is 17.2. The van der Waals surface area contributed by atoms with Crippen LogP contribution in [0.5, 0.6) is 0 Å². The molecule has 1 amide bonds. The van der Waals surface area contributed by atoms with Crippen molar-refractivity contribution >= 4 is 6.09 Å². The van der Waals surface area contributed by atoms with E-state index < -0.39 is 0 Å². The molecule has 0 N–H and O–H groups in total. The van der Waals surface area contributed by atoms with Crippen LogP contribution in [0.2, 0.25) is 0 Å². The number of ether oxygens (including phenoxy) is 2. The van der Waals surface area contributed by atoms with Crippen LogP contribution in [0.15, 0.2) is 48.5 Å². The molecule has 1 fully saturated rings. The summed E-state index contributed by atoms with van der Waals surface area (Å²) in [6, 6.07) is 17.7. The Hall–Kier alpha value is -2.84. The number of carbonyl (C=O) groups excluding carboxylic acids is 1. The van der Waals surface area contributed by atoms with E-state index in [0.29, 0.717) is 31.7 Å². The van der Waals surface area contributed by atoms with Crippen LogP contribution >= 0.6 is 0 Å². The first-order chi connectivity index (χ1) is 12.3. The molecule has 2 atom stereocenters. The van der Waals surface area contributed by atoms with Gasteiger partial charge in [0.25, 0.3) is 0 Å². The van der Waals surface area contributed by atoms with E-state index in [1.165, 1.54) is 0 Å². The molecule has 0 bridgehead atoms. The van der Waals surface area contributed by atoms with E-state index in [1.807, 2.05) is 48.5 Å². The van der Waals surface area contributed by atoms with Crippen LogP contribution in [-0.2, 0) is 22.5 Å². The number of hydrogen-bond acceptors (Lipinski definition) is 4. The Labute approximate surface area is 146 Å². The summed E-state index contributed by atoms with van der Waals surface area (Å²) >= 11 is 0. The quantitative estimate of drug-likeness (QED) is 0.788. The topological polar surface area (TPSA) is 62.6 Å². The summed E-state index contributed by atoms with van der Waals surface area (Å²) in [6.07, 6.45) is 0.106. The molecule has 0 saturated carbocycles. The highest BCUT2D eigenvalue weighted by molar-refractivity contribution is 5.72. The maximum atomic E-state index is 12.2. The standard InChI is InChI=1S/C20H18N2O3/c21-12-15-7-4-8-16-17(15)11-18-19(16)22(20(23)25-18)9-10-24-13-14-5-2-1-3-6-14/h1-8,18-19H,9-11,13H2/t18-,19+/m1/s1.